The molecule has 1 atom stereocenters. The van der Waals surface area contributed by atoms with Crippen LogP contribution in [0.5, 0.6) is 0 Å². The molecule has 1 aliphatic carbocycles. The number of nitrogens with zero attached hydrogens (tertiary/aromatic N) is 1. The Balaban J connectivity index is 1.90. The van der Waals surface area contributed by atoms with Crippen molar-refractivity contribution in [2.24, 2.45) is 0 Å². The highest BCUT2D eigenvalue weighted by molar-refractivity contribution is 7.09. The largest absolute Gasteiger partial charge is 0.481 e. The molecule has 5 nitrogen and oxygen atoms in total. The van der Waals surface area contributed by atoms with Gasteiger partial charge in [-0.15, -0.1) is 11.3 Å². The van der Waals surface area contributed by atoms with E-state index in [2.05, 4.69) is 11.4 Å². The zero-order chi connectivity index (χ0) is 15.5. The highest BCUT2D eigenvalue weighted by atomic mass is 32.1. The van der Waals surface area contributed by atoms with Crippen molar-refractivity contribution < 1.29 is 14.7 Å². The molecule has 0 saturated heterocycles. The normalized spacial score (nSPS) is 17.6. The van der Waals surface area contributed by atoms with E-state index in [1.165, 1.54) is 4.88 Å². The van der Waals surface area contributed by atoms with E-state index in [0.717, 1.165) is 25.7 Å². The van der Waals surface area contributed by atoms with Crippen LogP contribution in [0.2, 0.25) is 0 Å². The molecule has 1 unspecified atom stereocenters. The number of hydrogen-bond donors (Lipinski definition) is 2. The first-order valence-electron chi connectivity index (χ1n) is 7.21. The summed E-state index contributed by atoms with van der Waals surface area (Å²) < 4.78 is 0. The number of nitrogens with one attached hydrogen (secondary N) is 1. The van der Waals surface area contributed by atoms with E-state index < -0.39 is 11.5 Å². The molecule has 2 amide bonds. The Morgan fingerprint density at radius 3 is 2.71 bits per heavy atom. The number of carboxylic acid groups (broad SMARTS) is 1. The fourth-order valence-electron chi connectivity index (χ4n) is 2.61. The Morgan fingerprint density at radius 1 is 1.52 bits per heavy atom. The molecule has 0 radical (unpaired) electrons. The molecule has 1 fully saturated rings. The van der Waals surface area contributed by atoms with E-state index in [9.17, 15) is 9.59 Å². The number of urea groups is 1. The quantitative estimate of drug-likeness (QED) is 0.849. The number of amides is 2. The molecule has 0 aromatic carbocycles. The topological polar surface area (TPSA) is 69.6 Å². The zero-order valence-electron chi connectivity index (χ0n) is 12.5. The van der Waals surface area contributed by atoms with Crippen molar-refractivity contribution in [2.45, 2.75) is 50.6 Å². The molecule has 1 aliphatic rings. The number of carboxylic acids is 1. The SMILES string of the molecule is CC(Cc1cccs1)N(C)C(=O)NC1(CC(=O)O)CCC1. The van der Waals surface area contributed by atoms with Crippen molar-refractivity contribution in [1.29, 1.82) is 0 Å². The molecule has 6 heteroatoms. The molecule has 0 bridgehead atoms. The third-order valence-electron chi connectivity index (χ3n) is 4.23. The fourth-order valence-corrected chi connectivity index (χ4v) is 3.44. The fraction of sp³-hybridized carbons (Fsp3) is 0.600. The third-order valence-corrected chi connectivity index (χ3v) is 5.13. The number of likely N-dealkylation sites (N-methyl/N-ethyl adjacent to an activating group) is 1. The Morgan fingerprint density at radius 2 is 2.24 bits per heavy atom. The van der Waals surface area contributed by atoms with Crippen LogP contribution in [0.4, 0.5) is 4.79 Å². The average molecular weight is 310 g/mol. The van der Waals surface area contributed by atoms with Crippen molar-refractivity contribution in [3.8, 4) is 0 Å². The van der Waals surface area contributed by atoms with Gasteiger partial charge in [-0.05, 0) is 37.6 Å². The molecule has 0 aliphatic heterocycles. The van der Waals surface area contributed by atoms with Crippen molar-refractivity contribution in [3.63, 3.8) is 0 Å². The summed E-state index contributed by atoms with van der Waals surface area (Å²) in [6, 6.07) is 3.96. The van der Waals surface area contributed by atoms with Crippen LogP contribution in [0.3, 0.4) is 0 Å². The molecule has 116 valence electrons. The van der Waals surface area contributed by atoms with Crippen LogP contribution in [0.1, 0.15) is 37.5 Å². The summed E-state index contributed by atoms with van der Waals surface area (Å²) in [6.45, 7) is 2.00. The standard InChI is InChI=1S/C15H22N2O3S/c1-11(9-12-5-3-8-21-12)17(2)14(20)16-15(6-4-7-15)10-13(18)19/h3,5,8,11H,4,6-7,9-10H2,1-2H3,(H,16,20)(H,18,19). The summed E-state index contributed by atoms with van der Waals surface area (Å²) in [5.41, 5.74) is -0.542. The van der Waals surface area contributed by atoms with Gasteiger partial charge in [-0.2, -0.15) is 0 Å². The molecule has 21 heavy (non-hydrogen) atoms. The first-order valence-corrected chi connectivity index (χ1v) is 8.09. The lowest BCUT2D eigenvalue weighted by Crippen LogP contribution is -2.58. The van der Waals surface area contributed by atoms with Gasteiger partial charge in [0.2, 0.25) is 0 Å². The van der Waals surface area contributed by atoms with Crippen LogP contribution in [0, 0.1) is 0 Å². The smallest absolute Gasteiger partial charge is 0.317 e. The van der Waals surface area contributed by atoms with Gasteiger partial charge in [0.25, 0.3) is 0 Å². The van der Waals surface area contributed by atoms with Crippen LogP contribution >= 0.6 is 11.3 Å². The molecular formula is C15H22N2O3S. The summed E-state index contributed by atoms with van der Waals surface area (Å²) >= 11 is 1.68. The molecule has 2 rings (SSSR count). The summed E-state index contributed by atoms with van der Waals surface area (Å²) in [7, 11) is 1.76. The van der Waals surface area contributed by atoms with Crippen molar-refractivity contribution in [3.05, 3.63) is 22.4 Å². The lowest BCUT2D eigenvalue weighted by Gasteiger charge is -2.42. The molecular weight excluding hydrogens is 288 g/mol. The second kappa shape index (κ2) is 6.47. The maximum atomic E-state index is 12.3. The molecule has 1 saturated carbocycles. The summed E-state index contributed by atoms with van der Waals surface area (Å²) in [5.74, 6) is -0.857. The first kappa shape index (κ1) is 15.8. The molecule has 1 aromatic heterocycles. The van der Waals surface area contributed by atoms with Crippen LogP contribution in [-0.4, -0.2) is 40.6 Å². The molecule has 2 N–H and O–H groups in total. The first-order chi connectivity index (χ1) is 9.92. The predicted octanol–water partition coefficient (Wildman–Crippen LogP) is 2.72. The van der Waals surface area contributed by atoms with Crippen LogP contribution in [0.15, 0.2) is 17.5 Å². The van der Waals surface area contributed by atoms with Crippen molar-refractivity contribution in [2.75, 3.05) is 7.05 Å². The van der Waals surface area contributed by atoms with Crippen LogP contribution < -0.4 is 5.32 Å². The van der Waals surface area contributed by atoms with Gasteiger partial charge in [0.15, 0.2) is 0 Å². The minimum absolute atomic E-state index is 0.00584. The second-order valence-corrected chi connectivity index (χ2v) is 6.91. The number of carbonyl (C=O) groups is 2. The molecule has 1 aromatic rings. The van der Waals surface area contributed by atoms with Gasteiger partial charge in [0, 0.05) is 24.4 Å². The maximum absolute atomic E-state index is 12.3. The minimum atomic E-state index is -0.857. The third kappa shape index (κ3) is 3.97. The van der Waals surface area contributed by atoms with Crippen LogP contribution in [0.25, 0.3) is 0 Å². The van der Waals surface area contributed by atoms with Gasteiger partial charge in [0.05, 0.1) is 12.0 Å². The Bertz CT molecular complexity index is 497. The highest BCUT2D eigenvalue weighted by Gasteiger charge is 2.41. The van der Waals surface area contributed by atoms with E-state index >= 15 is 0 Å². The number of rotatable bonds is 6. The maximum Gasteiger partial charge on any atom is 0.317 e. The van der Waals surface area contributed by atoms with Gasteiger partial charge in [-0.25, -0.2) is 4.79 Å². The highest BCUT2D eigenvalue weighted by Crippen LogP contribution is 2.35. The molecule has 1 heterocycles. The summed E-state index contributed by atoms with van der Waals surface area (Å²) in [6.07, 6.45) is 3.29. The van der Waals surface area contributed by atoms with E-state index in [0.29, 0.717) is 0 Å². The van der Waals surface area contributed by atoms with E-state index in [-0.39, 0.29) is 18.5 Å². The van der Waals surface area contributed by atoms with Gasteiger partial charge in [-0.1, -0.05) is 6.07 Å². The number of carbonyl (C=O) groups excluding carboxylic acids is 1. The minimum Gasteiger partial charge on any atom is -0.481 e. The van der Waals surface area contributed by atoms with E-state index in [4.69, 9.17) is 5.11 Å². The Kier molecular flexibility index (Phi) is 4.88. The lowest BCUT2D eigenvalue weighted by molar-refractivity contribution is -0.139. The molecule has 0 spiro atoms. The van der Waals surface area contributed by atoms with Crippen LogP contribution in [-0.2, 0) is 11.2 Å². The number of hydrogen-bond acceptors (Lipinski definition) is 3. The lowest BCUT2D eigenvalue weighted by atomic mass is 9.74. The van der Waals surface area contributed by atoms with Gasteiger partial charge in [0.1, 0.15) is 0 Å². The number of aliphatic carboxylic acids is 1. The number of thiophene rings is 1. The summed E-state index contributed by atoms with van der Waals surface area (Å²) in [4.78, 5) is 26.2. The predicted molar refractivity (Wildman–Crippen MR) is 82.6 cm³/mol. The Hall–Kier alpha value is -1.56. The van der Waals surface area contributed by atoms with E-state index in [1.807, 2.05) is 18.4 Å². The van der Waals surface area contributed by atoms with Crippen molar-refractivity contribution in [1.82, 2.24) is 10.2 Å². The average Bonchev–Trinajstić information content (AvgIpc) is 2.87. The monoisotopic (exact) mass is 310 g/mol. The van der Waals surface area contributed by atoms with Crippen molar-refractivity contribution >= 4 is 23.3 Å². The van der Waals surface area contributed by atoms with Gasteiger partial charge >= 0.3 is 12.0 Å². The van der Waals surface area contributed by atoms with Gasteiger partial charge in [-0.3, -0.25) is 4.79 Å². The summed E-state index contributed by atoms with van der Waals surface area (Å²) in [5, 5.41) is 13.9. The zero-order valence-corrected chi connectivity index (χ0v) is 13.3. The van der Waals surface area contributed by atoms with Gasteiger partial charge < -0.3 is 15.3 Å². The second-order valence-electron chi connectivity index (χ2n) is 5.88. The Labute approximate surface area is 129 Å². The van der Waals surface area contributed by atoms with E-state index in [1.54, 1.807) is 23.3 Å².